The summed E-state index contributed by atoms with van der Waals surface area (Å²) in [6.07, 6.45) is 5.44. The van der Waals surface area contributed by atoms with Crippen LogP contribution in [0.4, 0.5) is 0 Å². The Bertz CT molecular complexity index is 418. The first-order chi connectivity index (χ1) is 7.72. The van der Waals surface area contributed by atoms with Gasteiger partial charge in [0.25, 0.3) is 0 Å². The molecule has 0 bridgehead atoms. The van der Waals surface area contributed by atoms with Gasteiger partial charge in [-0.15, -0.1) is 0 Å². The summed E-state index contributed by atoms with van der Waals surface area (Å²) in [5.41, 5.74) is 2.56. The van der Waals surface area contributed by atoms with Crippen LogP contribution in [-0.2, 0) is 17.6 Å². The molecule has 0 radical (unpaired) electrons. The number of hydrogen-bond acceptors (Lipinski definition) is 3. The maximum atomic E-state index is 11.5. The third kappa shape index (κ3) is 2.19. The van der Waals surface area contributed by atoms with Gasteiger partial charge in [0.2, 0.25) is 0 Å². The standard InChI is InChI=1S/C12H14ClNO2/c1-16-12(15)9-7-8-5-3-2-4-6-10(8)14-11(9)13/h7H,2-6H2,1H3. The second kappa shape index (κ2) is 4.83. The van der Waals surface area contributed by atoms with Crippen LogP contribution in [0.25, 0.3) is 0 Å². The molecule has 0 amide bonds. The van der Waals surface area contributed by atoms with E-state index in [-0.39, 0.29) is 5.15 Å². The molecule has 1 aromatic heterocycles. The number of aromatic nitrogens is 1. The predicted molar refractivity (Wildman–Crippen MR) is 61.8 cm³/mol. The molecule has 0 N–H and O–H groups in total. The normalized spacial score (nSPS) is 15.1. The van der Waals surface area contributed by atoms with E-state index in [4.69, 9.17) is 11.6 Å². The number of halogens is 1. The third-order valence-corrected chi connectivity index (χ3v) is 3.20. The first kappa shape index (κ1) is 11.4. The quantitative estimate of drug-likeness (QED) is 0.430. The van der Waals surface area contributed by atoms with E-state index in [1.807, 2.05) is 6.07 Å². The zero-order chi connectivity index (χ0) is 11.5. The second-order valence-corrected chi connectivity index (χ2v) is 4.34. The first-order valence-electron chi connectivity index (χ1n) is 5.49. The van der Waals surface area contributed by atoms with E-state index < -0.39 is 5.97 Å². The summed E-state index contributed by atoms with van der Waals surface area (Å²) in [6.45, 7) is 0. The fourth-order valence-corrected chi connectivity index (χ4v) is 2.27. The van der Waals surface area contributed by atoms with Gasteiger partial charge in [0, 0.05) is 5.69 Å². The van der Waals surface area contributed by atoms with Crippen LogP contribution in [0.1, 0.15) is 40.9 Å². The van der Waals surface area contributed by atoms with Crippen LogP contribution in [0.15, 0.2) is 6.07 Å². The monoisotopic (exact) mass is 239 g/mol. The summed E-state index contributed by atoms with van der Waals surface area (Å²) >= 11 is 5.98. The summed E-state index contributed by atoms with van der Waals surface area (Å²) in [5.74, 6) is -0.412. The van der Waals surface area contributed by atoms with Crippen LogP contribution in [0, 0.1) is 0 Å². The number of rotatable bonds is 1. The lowest BCUT2D eigenvalue weighted by Crippen LogP contribution is -2.07. The lowest BCUT2D eigenvalue weighted by molar-refractivity contribution is 0.0600. The average molecular weight is 240 g/mol. The summed E-state index contributed by atoms with van der Waals surface area (Å²) in [5, 5.41) is 0.257. The Morgan fingerprint density at radius 3 is 2.88 bits per heavy atom. The third-order valence-electron chi connectivity index (χ3n) is 2.91. The average Bonchev–Trinajstić information content (AvgIpc) is 2.51. The van der Waals surface area contributed by atoms with Crippen LogP contribution in [0.2, 0.25) is 5.15 Å². The number of carbonyl (C=O) groups is 1. The first-order valence-corrected chi connectivity index (χ1v) is 5.87. The largest absolute Gasteiger partial charge is 0.465 e. The Labute approximate surface area is 99.8 Å². The van der Waals surface area contributed by atoms with Gasteiger partial charge in [0.15, 0.2) is 0 Å². The molecule has 0 spiro atoms. The zero-order valence-electron chi connectivity index (χ0n) is 9.25. The molecule has 1 aliphatic rings. The van der Waals surface area contributed by atoms with Crippen molar-refractivity contribution in [2.75, 3.05) is 7.11 Å². The van der Waals surface area contributed by atoms with E-state index in [2.05, 4.69) is 9.72 Å². The molecule has 0 unspecified atom stereocenters. The van der Waals surface area contributed by atoms with Crippen LogP contribution in [0.5, 0.6) is 0 Å². The van der Waals surface area contributed by atoms with Gasteiger partial charge in [-0.3, -0.25) is 0 Å². The van der Waals surface area contributed by atoms with E-state index >= 15 is 0 Å². The minimum absolute atomic E-state index is 0.257. The van der Waals surface area contributed by atoms with Crippen molar-refractivity contribution >= 4 is 17.6 Å². The maximum absolute atomic E-state index is 11.5. The van der Waals surface area contributed by atoms with Crippen LogP contribution < -0.4 is 0 Å². The van der Waals surface area contributed by atoms with Crippen LogP contribution in [-0.4, -0.2) is 18.1 Å². The summed E-state index contributed by atoms with van der Waals surface area (Å²) in [6, 6.07) is 1.84. The molecule has 4 heteroatoms. The van der Waals surface area contributed by atoms with E-state index in [1.165, 1.54) is 13.5 Å². The van der Waals surface area contributed by atoms with E-state index in [1.54, 1.807) is 0 Å². The van der Waals surface area contributed by atoms with Crippen molar-refractivity contribution in [1.82, 2.24) is 4.98 Å². The number of fused-ring (bicyclic) bond motifs is 1. The fourth-order valence-electron chi connectivity index (χ4n) is 2.04. The number of methoxy groups -OCH3 is 1. The maximum Gasteiger partial charge on any atom is 0.341 e. The zero-order valence-corrected chi connectivity index (χ0v) is 10.0. The van der Waals surface area contributed by atoms with Gasteiger partial charge >= 0.3 is 5.97 Å². The van der Waals surface area contributed by atoms with Crippen molar-refractivity contribution in [1.29, 1.82) is 0 Å². The Morgan fingerprint density at radius 1 is 1.38 bits per heavy atom. The molecule has 2 rings (SSSR count). The number of pyridine rings is 1. The number of aryl methyl sites for hydroxylation is 2. The highest BCUT2D eigenvalue weighted by Gasteiger charge is 2.17. The number of ether oxygens (including phenoxy) is 1. The van der Waals surface area contributed by atoms with Crippen molar-refractivity contribution in [2.24, 2.45) is 0 Å². The summed E-state index contributed by atoms with van der Waals surface area (Å²) in [7, 11) is 1.35. The predicted octanol–water partition coefficient (Wildman–Crippen LogP) is 2.79. The molecule has 16 heavy (non-hydrogen) atoms. The van der Waals surface area contributed by atoms with Gasteiger partial charge < -0.3 is 4.74 Å². The molecule has 0 aliphatic heterocycles. The molecular formula is C12H14ClNO2. The topological polar surface area (TPSA) is 39.2 Å². The minimum atomic E-state index is -0.412. The van der Waals surface area contributed by atoms with Crippen LogP contribution >= 0.6 is 11.6 Å². The number of carbonyl (C=O) groups excluding carboxylic acids is 1. The van der Waals surface area contributed by atoms with E-state index in [9.17, 15) is 4.79 Å². The summed E-state index contributed by atoms with van der Waals surface area (Å²) in [4.78, 5) is 15.8. The molecule has 0 fully saturated rings. The molecular weight excluding hydrogens is 226 g/mol. The van der Waals surface area contributed by atoms with Crippen molar-refractivity contribution < 1.29 is 9.53 Å². The number of hydrogen-bond donors (Lipinski definition) is 0. The van der Waals surface area contributed by atoms with Crippen molar-refractivity contribution in [2.45, 2.75) is 32.1 Å². The Morgan fingerprint density at radius 2 is 2.12 bits per heavy atom. The highest BCUT2D eigenvalue weighted by atomic mass is 35.5. The SMILES string of the molecule is COC(=O)c1cc2c(nc1Cl)CCCCC2. The fraction of sp³-hybridized carbons (Fsp3) is 0.500. The molecule has 1 heterocycles. The van der Waals surface area contributed by atoms with Gasteiger partial charge in [-0.2, -0.15) is 0 Å². The van der Waals surface area contributed by atoms with Gasteiger partial charge in [-0.05, 0) is 37.3 Å². The number of nitrogens with zero attached hydrogens (tertiary/aromatic N) is 1. The molecule has 86 valence electrons. The Balaban J connectivity index is 2.42. The smallest absolute Gasteiger partial charge is 0.341 e. The molecule has 1 aromatic rings. The van der Waals surface area contributed by atoms with Gasteiger partial charge in [-0.1, -0.05) is 18.0 Å². The molecule has 0 saturated heterocycles. The van der Waals surface area contributed by atoms with Crippen molar-refractivity contribution in [3.8, 4) is 0 Å². The highest BCUT2D eigenvalue weighted by Crippen LogP contribution is 2.24. The van der Waals surface area contributed by atoms with Crippen LogP contribution in [0.3, 0.4) is 0 Å². The van der Waals surface area contributed by atoms with Gasteiger partial charge in [-0.25, -0.2) is 9.78 Å². The Hall–Kier alpha value is -1.09. The lowest BCUT2D eigenvalue weighted by Gasteiger charge is -2.08. The minimum Gasteiger partial charge on any atom is -0.465 e. The molecule has 3 nitrogen and oxygen atoms in total. The summed E-state index contributed by atoms with van der Waals surface area (Å²) < 4.78 is 4.68. The van der Waals surface area contributed by atoms with E-state index in [0.717, 1.165) is 36.9 Å². The van der Waals surface area contributed by atoms with Crippen molar-refractivity contribution in [3.05, 3.63) is 28.0 Å². The Kier molecular flexibility index (Phi) is 3.44. The molecule has 0 aromatic carbocycles. The lowest BCUT2D eigenvalue weighted by atomic mass is 10.1. The number of esters is 1. The van der Waals surface area contributed by atoms with Crippen molar-refractivity contribution in [3.63, 3.8) is 0 Å². The van der Waals surface area contributed by atoms with Gasteiger partial charge in [0.05, 0.1) is 12.7 Å². The second-order valence-electron chi connectivity index (χ2n) is 3.98. The molecule has 1 aliphatic carbocycles. The molecule has 0 atom stereocenters. The van der Waals surface area contributed by atoms with Gasteiger partial charge in [0.1, 0.15) is 5.15 Å². The molecule has 0 saturated carbocycles. The van der Waals surface area contributed by atoms with E-state index in [0.29, 0.717) is 5.56 Å². The highest BCUT2D eigenvalue weighted by molar-refractivity contribution is 6.32.